The Morgan fingerprint density at radius 1 is 1.14 bits per heavy atom. The van der Waals surface area contributed by atoms with Gasteiger partial charge in [0.15, 0.2) is 0 Å². The SMILES string of the molecule is COc1ccc([C@@H](C)N(C)C(=O)C2=NN(Cc3ccccc3)C(=O)CC2)cc1. The highest BCUT2D eigenvalue weighted by molar-refractivity contribution is 6.39. The molecule has 0 aliphatic carbocycles. The molecule has 1 aliphatic heterocycles. The lowest BCUT2D eigenvalue weighted by Gasteiger charge is -2.29. The molecule has 1 atom stereocenters. The summed E-state index contributed by atoms with van der Waals surface area (Å²) < 4.78 is 5.19. The molecule has 0 spiro atoms. The molecule has 3 rings (SSSR count). The lowest BCUT2D eigenvalue weighted by Crippen LogP contribution is -2.40. The summed E-state index contributed by atoms with van der Waals surface area (Å²) in [6, 6.07) is 17.2. The number of nitrogens with zero attached hydrogens (tertiary/aromatic N) is 3. The van der Waals surface area contributed by atoms with Crippen LogP contribution in [0, 0.1) is 0 Å². The van der Waals surface area contributed by atoms with Crippen LogP contribution in [0.3, 0.4) is 0 Å². The molecule has 0 unspecified atom stereocenters. The largest absolute Gasteiger partial charge is 0.497 e. The predicted octanol–water partition coefficient (Wildman–Crippen LogP) is 3.39. The maximum Gasteiger partial charge on any atom is 0.270 e. The first-order valence-corrected chi connectivity index (χ1v) is 9.32. The van der Waals surface area contributed by atoms with Gasteiger partial charge in [-0.15, -0.1) is 0 Å². The van der Waals surface area contributed by atoms with E-state index in [1.807, 2.05) is 61.5 Å². The monoisotopic (exact) mass is 379 g/mol. The van der Waals surface area contributed by atoms with Crippen LogP contribution in [0.1, 0.15) is 36.9 Å². The van der Waals surface area contributed by atoms with Gasteiger partial charge in [-0.3, -0.25) is 9.59 Å². The van der Waals surface area contributed by atoms with E-state index in [9.17, 15) is 9.59 Å². The van der Waals surface area contributed by atoms with Crippen LogP contribution in [-0.2, 0) is 16.1 Å². The summed E-state index contributed by atoms with van der Waals surface area (Å²) in [5.41, 5.74) is 2.40. The number of ether oxygens (including phenoxy) is 1. The Labute approximate surface area is 165 Å². The lowest BCUT2D eigenvalue weighted by atomic mass is 10.1. The summed E-state index contributed by atoms with van der Waals surface area (Å²) in [6.07, 6.45) is 0.658. The van der Waals surface area contributed by atoms with Crippen LogP contribution in [-0.4, -0.2) is 41.6 Å². The van der Waals surface area contributed by atoms with Crippen LogP contribution in [0.5, 0.6) is 5.75 Å². The molecule has 0 fully saturated rings. The molecular weight excluding hydrogens is 354 g/mol. The van der Waals surface area contributed by atoms with Crippen molar-refractivity contribution < 1.29 is 14.3 Å². The summed E-state index contributed by atoms with van der Waals surface area (Å²) in [5, 5.41) is 5.77. The minimum absolute atomic E-state index is 0.0636. The van der Waals surface area contributed by atoms with Gasteiger partial charge in [-0.2, -0.15) is 5.10 Å². The van der Waals surface area contributed by atoms with E-state index in [2.05, 4.69) is 5.10 Å². The van der Waals surface area contributed by atoms with E-state index < -0.39 is 0 Å². The predicted molar refractivity (Wildman–Crippen MR) is 108 cm³/mol. The van der Waals surface area contributed by atoms with Crippen molar-refractivity contribution in [2.24, 2.45) is 5.10 Å². The van der Waals surface area contributed by atoms with E-state index in [0.29, 0.717) is 25.1 Å². The van der Waals surface area contributed by atoms with Crippen molar-refractivity contribution in [2.45, 2.75) is 32.4 Å². The Hall–Kier alpha value is -3.15. The first-order valence-electron chi connectivity index (χ1n) is 9.32. The summed E-state index contributed by atoms with van der Waals surface area (Å²) >= 11 is 0. The van der Waals surface area contributed by atoms with Crippen molar-refractivity contribution in [1.29, 1.82) is 0 Å². The molecule has 0 radical (unpaired) electrons. The van der Waals surface area contributed by atoms with Crippen molar-refractivity contribution in [2.75, 3.05) is 14.2 Å². The number of rotatable bonds is 6. The van der Waals surface area contributed by atoms with Gasteiger partial charge < -0.3 is 9.64 Å². The smallest absolute Gasteiger partial charge is 0.270 e. The molecule has 2 aromatic carbocycles. The van der Waals surface area contributed by atoms with Gasteiger partial charge in [0.05, 0.1) is 19.7 Å². The number of hydrazone groups is 1. The first-order chi connectivity index (χ1) is 13.5. The Morgan fingerprint density at radius 3 is 2.46 bits per heavy atom. The lowest BCUT2D eigenvalue weighted by molar-refractivity contribution is -0.132. The summed E-state index contributed by atoms with van der Waals surface area (Å²) in [4.78, 5) is 26.9. The normalized spacial score (nSPS) is 15.0. The van der Waals surface area contributed by atoms with Gasteiger partial charge >= 0.3 is 0 Å². The molecule has 2 amide bonds. The van der Waals surface area contributed by atoms with Crippen LogP contribution in [0.15, 0.2) is 59.7 Å². The molecule has 2 aromatic rings. The van der Waals surface area contributed by atoms with Gasteiger partial charge in [0.1, 0.15) is 11.5 Å². The minimum Gasteiger partial charge on any atom is -0.497 e. The number of amides is 2. The zero-order chi connectivity index (χ0) is 20.1. The molecule has 28 heavy (non-hydrogen) atoms. The zero-order valence-corrected chi connectivity index (χ0v) is 16.5. The molecule has 6 nitrogen and oxygen atoms in total. The zero-order valence-electron chi connectivity index (χ0n) is 16.5. The number of methoxy groups -OCH3 is 1. The van der Waals surface area contributed by atoms with Crippen LogP contribution in [0.4, 0.5) is 0 Å². The van der Waals surface area contributed by atoms with E-state index in [4.69, 9.17) is 4.74 Å². The standard InChI is InChI=1S/C22H25N3O3/c1-16(18-9-11-19(28-3)12-10-18)24(2)22(27)20-13-14-21(26)25(23-20)15-17-7-5-4-6-8-17/h4-12,16H,13-15H2,1-3H3/t16-/m1/s1. The highest BCUT2D eigenvalue weighted by Gasteiger charge is 2.28. The second kappa shape index (κ2) is 8.69. The van der Waals surface area contributed by atoms with Gasteiger partial charge in [-0.05, 0) is 30.2 Å². The number of benzene rings is 2. The average Bonchev–Trinajstić information content (AvgIpc) is 2.74. The van der Waals surface area contributed by atoms with E-state index >= 15 is 0 Å². The van der Waals surface area contributed by atoms with Gasteiger partial charge in [0.2, 0.25) is 5.91 Å². The maximum atomic E-state index is 13.0. The quantitative estimate of drug-likeness (QED) is 0.773. The summed E-state index contributed by atoms with van der Waals surface area (Å²) in [7, 11) is 3.38. The van der Waals surface area contributed by atoms with E-state index in [0.717, 1.165) is 16.9 Å². The fourth-order valence-corrected chi connectivity index (χ4v) is 3.12. The third kappa shape index (κ3) is 4.39. The molecule has 146 valence electrons. The molecular formula is C22H25N3O3. The Balaban J connectivity index is 1.73. The molecule has 0 aromatic heterocycles. The van der Waals surface area contributed by atoms with Crippen molar-refractivity contribution in [3.63, 3.8) is 0 Å². The van der Waals surface area contributed by atoms with Crippen molar-refractivity contribution in [1.82, 2.24) is 9.91 Å². The van der Waals surface area contributed by atoms with Crippen molar-refractivity contribution in [3.8, 4) is 5.75 Å². The molecule has 1 heterocycles. The van der Waals surface area contributed by atoms with Gasteiger partial charge in [0, 0.05) is 19.9 Å². The van der Waals surface area contributed by atoms with Crippen LogP contribution in [0.2, 0.25) is 0 Å². The van der Waals surface area contributed by atoms with Crippen molar-refractivity contribution >= 4 is 17.5 Å². The second-order valence-corrected chi connectivity index (χ2v) is 6.85. The number of hydrogen-bond donors (Lipinski definition) is 0. The molecule has 6 heteroatoms. The minimum atomic E-state index is -0.158. The van der Waals surface area contributed by atoms with Crippen LogP contribution >= 0.6 is 0 Å². The Morgan fingerprint density at radius 2 is 1.82 bits per heavy atom. The summed E-state index contributed by atoms with van der Waals surface area (Å²) in [6.45, 7) is 2.34. The van der Waals surface area contributed by atoms with Crippen LogP contribution < -0.4 is 4.74 Å². The number of carbonyl (C=O) groups excluding carboxylic acids is 2. The third-order valence-electron chi connectivity index (χ3n) is 5.03. The highest BCUT2D eigenvalue weighted by atomic mass is 16.5. The fraction of sp³-hybridized carbons (Fsp3) is 0.318. The number of carbonyl (C=O) groups is 2. The third-order valence-corrected chi connectivity index (χ3v) is 5.03. The van der Waals surface area contributed by atoms with Gasteiger partial charge in [0.25, 0.3) is 5.91 Å². The molecule has 0 saturated carbocycles. The van der Waals surface area contributed by atoms with E-state index in [1.54, 1.807) is 19.1 Å². The Bertz CT molecular complexity index is 862. The molecule has 0 saturated heterocycles. The average molecular weight is 379 g/mol. The highest BCUT2D eigenvalue weighted by Crippen LogP contribution is 2.23. The molecule has 0 N–H and O–H groups in total. The topological polar surface area (TPSA) is 62.2 Å². The van der Waals surface area contributed by atoms with Gasteiger partial charge in [-0.1, -0.05) is 42.5 Å². The Kier molecular flexibility index (Phi) is 6.09. The maximum absolute atomic E-state index is 13.0. The van der Waals surface area contributed by atoms with E-state index in [-0.39, 0.29) is 17.9 Å². The van der Waals surface area contributed by atoms with Crippen LogP contribution in [0.25, 0.3) is 0 Å². The molecule has 0 bridgehead atoms. The van der Waals surface area contributed by atoms with Crippen molar-refractivity contribution in [3.05, 3.63) is 65.7 Å². The van der Waals surface area contributed by atoms with Gasteiger partial charge in [-0.25, -0.2) is 5.01 Å². The first kappa shape index (κ1) is 19.6. The second-order valence-electron chi connectivity index (χ2n) is 6.85. The van der Waals surface area contributed by atoms with E-state index in [1.165, 1.54) is 5.01 Å². The fourth-order valence-electron chi connectivity index (χ4n) is 3.12. The molecule has 1 aliphatic rings. The number of hydrogen-bond acceptors (Lipinski definition) is 4. The summed E-state index contributed by atoms with van der Waals surface area (Å²) in [5.74, 6) is 0.553.